The van der Waals surface area contributed by atoms with E-state index in [1.807, 2.05) is 28.9 Å². The number of benzene rings is 1. The Bertz CT molecular complexity index is 861. The van der Waals surface area contributed by atoms with Crippen LogP contribution in [0, 0.1) is 6.92 Å². The molecule has 3 aromatic rings. The summed E-state index contributed by atoms with van der Waals surface area (Å²) in [6, 6.07) is 13.7. The minimum absolute atomic E-state index is 0.181. The number of aryl methyl sites for hydroxylation is 1. The van der Waals surface area contributed by atoms with Crippen molar-refractivity contribution in [3.8, 4) is 5.69 Å². The summed E-state index contributed by atoms with van der Waals surface area (Å²) >= 11 is 0. The van der Waals surface area contributed by atoms with Crippen molar-refractivity contribution in [2.75, 3.05) is 0 Å². The Kier molecular flexibility index (Phi) is 3.69. The highest BCUT2D eigenvalue weighted by Gasteiger charge is 2.29. The molecule has 1 saturated carbocycles. The summed E-state index contributed by atoms with van der Waals surface area (Å²) in [5.74, 6) is 1.05. The molecule has 0 aliphatic heterocycles. The Morgan fingerprint density at radius 2 is 2.17 bits per heavy atom. The quantitative estimate of drug-likeness (QED) is 0.781. The van der Waals surface area contributed by atoms with Crippen LogP contribution < -0.4 is 5.32 Å². The molecular formula is C19H19N3O2. The van der Waals surface area contributed by atoms with Gasteiger partial charge in [0.2, 0.25) is 0 Å². The number of nitrogens with zero attached hydrogens (tertiary/aromatic N) is 2. The molecule has 122 valence electrons. The van der Waals surface area contributed by atoms with Gasteiger partial charge in [-0.1, -0.05) is 12.1 Å². The Balaban J connectivity index is 1.60. The van der Waals surface area contributed by atoms with Gasteiger partial charge in [0.1, 0.15) is 5.76 Å². The molecule has 2 heterocycles. The number of amides is 1. The lowest BCUT2D eigenvalue weighted by Gasteiger charge is -2.07. The Labute approximate surface area is 140 Å². The second-order valence-electron chi connectivity index (χ2n) is 6.24. The third kappa shape index (κ3) is 2.97. The molecule has 0 spiro atoms. The maximum absolute atomic E-state index is 12.4. The normalized spacial score (nSPS) is 13.9. The first-order chi connectivity index (χ1) is 11.7. The Morgan fingerprint density at radius 1 is 1.29 bits per heavy atom. The molecule has 1 amide bonds. The molecule has 2 aromatic heterocycles. The standard InChI is InChI=1S/C19H19N3O2/c1-13-4-2-5-15(10-13)22-18(14-7-8-14)11-17(21-22)19(23)20-12-16-6-3-9-24-16/h2-6,9-11,14H,7-8,12H2,1H3,(H,20,23). The van der Waals surface area contributed by atoms with Crippen LogP contribution in [-0.2, 0) is 6.54 Å². The van der Waals surface area contributed by atoms with Crippen LogP contribution in [0.15, 0.2) is 53.1 Å². The van der Waals surface area contributed by atoms with Crippen molar-refractivity contribution in [2.24, 2.45) is 0 Å². The minimum Gasteiger partial charge on any atom is -0.467 e. The van der Waals surface area contributed by atoms with Gasteiger partial charge >= 0.3 is 0 Å². The molecule has 0 saturated heterocycles. The molecule has 1 aliphatic rings. The van der Waals surface area contributed by atoms with Crippen molar-refractivity contribution in [3.63, 3.8) is 0 Å². The van der Waals surface area contributed by atoms with Crippen LogP contribution in [0.3, 0.4) is 0 Å². The van der Waals surface area contributed by atoms with Gasteiger partial charge in [-0.25, -0.2) is 4.68 Å². The molecular weight excluding hydrogens is 302 g/mol. The molecule has 5 heteroatoms. The number of furan rings is 1. The van der Waals surface area contributed by atoms with Crippen LogP contribution in [0.5, 0.6) is 0 Å². The molecule has 0 unspecified atom stereocenters. The molecule has 1 aromatic carbocycles. The van der Waals surface area contributed by atoms with Gasteiger partial charge in [-0.15, -0.1) is 0 Å². The number of aromatic nitrogens is 2. The summed E-state index contributed by atoms with van der Waals surface area (Å²) in [5.41, 5.74) is 3.74. The first-order valence-electron chi connectivity index (χ1n) is 8.18. The zero-order valence-electron chi connectivity index (χ0n) is 13.5. The highest BCUT2D eigenvalue weighted by Crippen LogP contribution is 2.41. The smallest absolute Gasteiger partial charge is 0.272 e. The van der Waals surface area contributed by atoms with E-state index in [1.54, 1.807) is 12.3 Å². The molecule has 1 N–H and O–H groups in total. The SMILES string of the molecule is Cc1cccc(-n2nc(C(=O)NCc3ccco3)cc2C2CC2)c1. The number of rotatable bonds is 5. The fourth-order valence-electron chi connectivity index (χ4n) is 2.81. The largest absolute Gasteiger partial charge is 0.467 e. The summed E-state index contributed by atoms with van der Waals surface area (Å²) in [5, 5.41) is 7.41. The third-order valence-electron chi connectivity index (χ3n) is 4.21. The van der Waals surface area contributed by atoms with Crippen LogP contribution in [0.25, 0.3) is 5.69 Å². The Morgan fingerprint density at radius 3 is 2.88 bits per heavy atom. The van der Waals surface area contributed by atoms with E-state index < -0.39 is 0 Å². The fourth-order valence-corrected chi connectivity index (χ4v) is 2.81. The first kappa shape index (κ1) is 14.8. The molecule has 0 atom stereocenters. The van der Waals surface area contributed by atoms with Gasteiger partial charge in [-0.05, 0) is 55.7 Å². The maximum Gasteiger partial charge on any atom is 0.272 e. The third-order valence-corrected chi connectivity index (χ3v) is 4.21. The number of hydrogen-bond acceptors (Lipinski definition) is 3. The summed E-state index contributed by atoms with van der Waals surface area (Å²) in [7, 11) is 0. The van der Waals surface area contributed by atoms with Crippen molar-refractivity contribution in [3.05, 3.63) is 71.4 Å². The van der Waals surface area contributed by atoms with E-state index >= 15 is 0 Å². The van der Waals surface area contributed by atoms with Gasteiger partial charge in [-0.3, -0.25) is 4.79 Å². The average Bonchev–Trinajstić information content (AvgIpc) is 3.12. The van der Waals surface area contributed by atoms with Crippen LogP contribution in [-0.4, -0.2) is 15.7 Å². The number of nitrogens with one attached hydrogen (secondary N) is 1. The summed E-state index contributed by atoms with van der Waals surface area (Å²) in [4.78, 5) is 12.4. The molecule has 4 rings (SSSR count). The van der Waals surface area contributed by atoms with Crippen molar-refractivity contribution in [1.29, 1.82) is 0 Å². The van der Waals surface area contributed by atoms with Crippen LogP contribution in [0.2, 0.25) is 0 Å². The van der Waals surface area contributed by atoms with Crippen molar-refractivity contribution in [2.45, 2.75) is 32.2 Å². The van der Waals surface area contributed by atoms with E-state index in [0.29, 0.717) is 18.2 Å². The fraction of sp³-hybridized carbons (Fsp3) is 0.263. The molecule has 0 radical (unpaired) electrons. The summed E-state index contributed by atoms with van der Waals surface area (Å²) < 4.78 is 7.15. The van der Waals surface area contributed by atoms with Gasteiger partial charge in [-0.2, -0.15) is 5.10 Å². The van der Waals surface area contributed by atoms with E-state index in [-0.39, 0.29) is 5.91 Å². The average molecular weight is 321 g/mol. The highest BCUT2D eigenvalue weighted by molar-refractivity contribution is 5.92. The van der Waals surface area contributed by atoms with Gasteiger partial charge in [0.15, 0.2) is 5.69 Å². The summed E-state index contributed by atoms with van der Waals surface area (Å²) in [6.45, 7) is 2.42. The van der Waals surface area contributed by atoms with Crippen LogP contribution in [0.1, 0.15) is 46.3 Å². The maximum atomic E-state index is 12.4. The van der Waals surface area contributed by atoms with Gasteiger partial charge in [0, 0.05) is 11.6 Å². The second kappa shape index (κ2) is 6.00. The van der Waals surface area contributed by atoms with Crippen LogP contribution >= 0.6 is 0 Å². The Hall–Kier alpha value is -2.82. The minimum atomic E-state index is -0.181. The first-order valence-corrected chi connectivity index (χ1v) is 8.18. The number of hydrogen-bond donors (Lipinski definition) is 1. The lowest BCUT2D eigenvalue weighted by atomic mass is 10.2. The van der Waals surface area contributed by atoms with E-state index in [2.05, 4.69) is 29.5 Å². The van der Waals surface area contributed by atoms with Crippen molar-refractivity contribution >= 4 is 5.91 Å². The number of carbonyl (C=O) groups excluding carboxylic acids is 1. The molecule has 5 nitrogen and oxygen atoms in total. The summed E-state index contributed by atoms with van der Waals surface area (Å²) in [6.07, 6.45) is 3.91. The topological polar surface area (TPSA) is 60.1 Å². The monoisotopic (exact) mass is 321 g/mol. The van der Waals surface area contributed by atoms with Crippen LogP contribution in [0.4, 0.5) is 0 Å². The second-order valence-corrected chi connectivity index (χ2v) is 6.24. The van der Waals surface area contributed by atoms with E-state index in [1.165, 1.54) is 5.56 Å². The van der Waals surface area contributed by atoms with Gasteiger partial charge in [0.05, 0.1) is 18.5 Å². The van der Waals surface area contributed by atoms with Crippen molar-refractivity contribution < 1.29 is 9.21 Å². The lowest BCUT2D eigenvalue weighted by molar-refractivity contribution is 0.0942. The molecule has 24 heavy (non-hydrogen) atoms. The molecule has 1 fully saturated rings. The van der Waals surface area contributed by atoms with E-state index in [4.69, 9.17) is 4.42 Å². The highest BCUT2D eigenvalue weighted by atomic mass is 16.3. The zero-order chi connectivity index (χ0) is 16.5. The van der Waals surface area contributed by atoms with Gasteiger partial charge < -0.3 is 9.73 Å². The molecule has 1 aliphatic carbocycles. The van der Waals surface area contributed by atoms with E-state index in [0.717, 1.165) is 30.0 Å². The number of carbonyl (C=O) groups is 1. The predicted octanol–water partition coefficient (Wildman–Crippen LogP) is 3.58. The molecule has 0 bridgehead atoms. The van der Waals surface area contributed by atoms with E-state index in [9.17, 15) is 4.79 Å². The lowest BCUT2D eigenvalue weighted by Crippen LogP contribution is -2.23. The van der Waals surface area contributed by atoms with Crippen molar-refractivity contribution in [1.82, 2.24) is 15.1 Å². The zero-order valence-corrected chi connectivity index (χ0v) is 13.5. The van der Waals surface area contributed by atoms with Gasteiger partial charge in [0.25, 0.3) is 5.91 Å². The predicted molar refractivity (Wildman–Crippen MR) is 90.2 cm³/mol.